The molecule has 2 aromatic carbocycles. The van der Waals surface area contributed by atoms with Crippen molar-refractivity contribution in [3.05, 3.63) is 72.2 Å². The van der Waals surface area contributed by atoms with Gasteiger partial charge < -0.3 is 19.5 Å². The Hall–Kier alpha value is -3.93. The Morgan fingerprint density at radius 2 is 1.89 bits per heavy atom. The van der Waals surface area contributed by atoms with Crippen LogP contribution < -0.4 is 4.90 Å². The molecule has 2 aromatic heterocycles. The van der Waals surface area contributed by atoms with Crippen LogP contribution >= 0.6 is 0 Å². The highest BCUT2D eigenvalue weighted by molar-refractivity contribution is 5.72. The molecule has 6 rings (SSSR count). The molecule has 4 aromatic rings. The first-order valence-corrected chi connectivity index (χ1v) is 12.7. The van der Waals surface area contributed by atoms with Crippen LogP contribution in [0, 0.1) is 23.2 Å². The molecular formula is C29H31N7O. The predicted molar refractivity (Wildman–Crippen MR) is 143 cm³/mol. The fourth-order valence-electron chi connectivity index (χ4n) is 5.85. The highest BCUT2D eigenvalue weighted by Gasteiger charge is 2.34. The molecule has 188 valence electrons. The topological polar surface area (TPSA) is 86.1 Å². The fourth-order valence-corrected chi connectivity index (χ4v) is 5.85. The molecule has 1 unspecified atom stereocenters. The number of fused-ring (bicyclic) bond motifs is 5. The van der Waals surface area contributed by atoms with E-state index in [0.29, 0.717) is 12.1 Å². The SMILES string of the molecule is CC1CN(c2ccc3c(c2)Cn2cc(-c4ccc(C#N)cc4)cc2-c2nncn2-3)C[C@@H](CN(C)C)[C@H]1O. The van der Waals surface area contributed by atoms with E-state index in [2.05, 4.69) is 86.7 Å². The first-order valence-electron chi connectivity index (χ1n) is 12.7. The summed E-state index contributed by atoms with van der Waals surface area (Å²) in [5.74, 6) is 1.22. The van der Waals surface area contributed by atoms with Gasteiger partial charge in [0.1, 0.15) is 6.33 Å². The molecule has 2 aliphatic rings. The van der Waals surface area contributed by atoms with Gasteiger partial charge in [0.15, 0.2) is 5.82 Å². The van der Waals surface area contributed by atoms with Crippen molar-refractivity contribution in [1.82, 2.24) is 24.2 Å². The van der Waals surface area contributed by atoms with Gasteiger partial charge in [-0.2, -0.15) is 5.26 Å². The van der Waals surface area contributed by atoms with E-state index in [-0.39, 0.29) is 17.9 Å². The standard InChI is InChI=1S/C29H31N7O/c1-19-13-34(17-24(28(19)37)14-33(2)3)25-8-9-26-23(10-25)16-35-15-22(21-6-4-20(12-30)5-7-21)11-27(35)29-32-31-18-36(26)29/h4-11,15,18-19,24,28,37H,13-14,16-17H2,1-3H3/t19?,24-,28+/m1/s1. The zero-order valence-corrected chi connectivity index (χ0v) is 21.4. The number of hydrogen-bond donors (Lipinski definition) is 1. The van der Waals surface area contributed by atoms with E-state index in [1.54, 1.807) is 6.33 Å². The van der Waals surface area contributed by atoms with Gasteiger partial charge in [-0.25, -0.2) is 0 Å². The Morgan fingerprint density at radius 1 is 1.08 bits per heavy atom. The second kappa shape index (κ2) is 9.18. The van der Waals surface area contributed by atoms with Crippen LogP contribution in [0.2, 0.25) is 0 Å². The molecule has 0 aliphatic carbocycles. The lowest BCUT2D eigenvalue weighted by molar-refractivity contribution is 0.0336. The lowest BCUT2D eigenvalue weighted by atomic mass is 9.86. The maximum atomic E-state index is 10.8. The Morgan fingerprint density at radius 3 is 2.65 bits per heavy atom. The molecule has 8 nitrogen and oxygen atoms in total. The van der Waals surface area contributed by atoms with Crippen LogP contribution in [0.1, 0.15) is 18.1 Å². The summed E-state index contributed by atoms with van der Waals surface area (Å²) in [6.07, 6.45) is 3.65. The Bertz CT molecular complexity index is 1480. The Balaban J connectivity index is 1.37. The average Bonchev–Trinajstić information content (AvgIpc) is 3.51. The molecule has 8 heteroatoms. The van der Waals surface area contributed by atoms with E-state index in [9.17, 15) is 5.11 Å². The number of benzene rings is 2. The third-order valence-electron chi connectivity index (χ3n) is 7.68. The zero-order chi connectivity index (χ0) is 25.7. The number of aromatic nitrogens is 4. The van der Waals surface area contributed by atoms with Crippen molar-refractivity contribution < 1.29 is 5.11 Å². The van der Waals surface area contributed by atoms with Crippen LogP contribution in [0.15, 0.2) is 61.1 Å². The summed E-state index contributed by atoms with van der Waals surface area (Å²) in [7, 11) is 4.13. The van der Waals surface area contributed by atoms with E-state index in [0.717, 1.165) is 48.0 Å². The van der Waals surface area contributed by atoms with Gasteiger partial charge >= 0.3 is 0 Å². The first-order chi connectivity index (χ1) is 17.9. The monoisotopic (exact) mass is 493 g/mol. The molecule has 2 aliphatic heterocycles. The molecule has 1 N–H and O–H groups in total. The van der Waals surface area contributed by atoms with Crippen molar-refractivity contribution in [2.24, 2.45) is 11.8 Å². The van der Waals surface area contributed by atoms with Crippen LogP contribution in [0.4, 0.5) is 5.69 Å². The van der Waals surface area contributed by atoms with Crippen molar-refractivity contribution >= 4 is 5.69 Å². The second-order valence-corrected chi connectivity index (χ2v) is 10.7. The summed E-state index contributed by atoms with van der Waals surface area (Å²) in [4.78, 5) is 4.58. The second-order valence-electron chi connectivity index (χ2n) is 10.7. The van der Waals surface area contributed by atoms with Crippen molar-refractivity contribution in [3.63, 3.8) is 0 Å². The minimum atomic E-state index is -0.290. The maximum Gasteiger partial charge on any atom is 0.185 e. The van der Waals surface area contributed by atoms with Crippen molar-refractivity contribution in [2.45, 2.75) is 19.6 Å². The van der Waals surface area contributed by atoms with Gasteiger partial charge in [-0.05, 0) is 67.5 Å². The summed E-state index contributed by atoms with van der Waals surface area (Å²) in [6, 6.07) is 18.6. The predicted octanol–water partition coefficient (Wildman–Crippen LogP) is 3.63. The molecule has 0 amide bonds. The number of nitriles is 1. The number of aliphatic hydroxyl groups is 1. The lowest BCUT2D eigenvalue weighted by Gasteiger charge is -2.42. The van der Waals surface area contributed by atoms with E-state index in [1.807, 2.05) is 24.3 Å². The van der Waals surface area contributed by atoms with E-state index >= 15 is 0 Å². The van der Waals surface area contributed by atoms with Crippen LogP contribution in [0.3, 0.4) is 0 Å². The molecule has 4 heterocycles. The van der Waals surface area contributed by atoms with Crippen molar-refractivity contribution in [2.75, 3.05) is 38.6 Å². The van der Waals surface area contributed by atoms with Crippen molar-refractivity contribution in [3.8, 4) is 34.4 Å². The van der Waals surface area contributed by atoms with Crippen molar-refractivity contribution in [1.29, 1.82) is 5.26 Å². The molecular weight excluding hydrogens is 462 g/mol. The quantitative estimate of drug-likeness (QED) is 0.412. The van der Waals surface area contributed by atoms with E-state index in [4.69, 9.17) is 5.26 Å². The Kier molecular flexibility index (Phi) is 5.82. The molecule has 3 atom stereocenters. The first kappa shape index (κ1) is 23.5. The number of nitrogens with zero attached hydrogens (tertiary/aromatic N) is 7. The van der Waals surface area contributed by atoms with Gasteiger partial charge in [-0.15, -0.1) is 10.2 Å². The van der Waals surface area contributed by atoms with Crippen LogP contribution in [0.25, 0.3) is 28.3 Å². The van der Waals surface area contributed by atoms with Gasteiger partial charge in [-0.1, -0.05) is 19.1 Å². The lowest BCUT2D eigenvalue weighted by Crippen LogP contribution is -2.51. The minimum absolute atomic E-state index is 0.202. The highest BCUT2D eigenvalue weighted by Crippen LogP contribution is 2.36. The smallest absolute Gasteiger partial charge is 0.185 e. The van der Waals surface area contributed by atoms with E-state index < -0.39 is 0 Å². The summed E-state index contributed by atoms with van der Waals surface area (Å²) < 4.78 is 4.30. The Labute approximate surface area is 217 Å². The summed E-state index contributed by atoms with van der Waals surface area (Å²) in [5.41, 5.74) is 7.27. The number of anilines is 1. The average molecular weight is 494 g/mol. The van der Waals surface area contributed by atoms with Gasteiger partial charge in [0.2, 0.25) is 0 Å². The number of rotatable bonds is 4. The molecule has 37 heavy (non-hydrogen) atoms. The zero-order valence-electron chi connectivity index (χ0n) is 21.4. The summed E-state index contributed by atoms with van der Waals surface area (Å²) >= 11 is 0. The summed E-state index contributed by atoms with van der Waals surface area (Å²) in [6.45, 7) is 5.38. The highest BCUT2D eigenvalue weighted by atomic mass is 16.3. The molecule has 0 bridgehead atoms. The van der Waals surface area contributed by atoms with Crippen LogP contribution in [-0.2, 0) is 6.54 Å². The molecule has 1 fully saturated rings. The maximum absolute atomic E-state index is 10.8. The third kappa shape index (κ3) is 4.20. The fraction of sp³-hybridized carbons (Fsp3) is 0.345. The van der Waals surface area contributed by atoms with Gasteiger partial charge in [0.05, 0.1) is 29.1 Å². The number of hydrogen-bond acceptors (Lipinski definition) is 6. The number of aliphatic hydroxyl groups excluding tert-OH is 1. The van der Waals surface area contributed by atoms with Gasteiger partial charge in [-0.3, -0.25) is 4.57 Å². The molecule has 0 radical (unpaired) electrons. The third-order valence-corrected chi connectivity index (χ3v) is 7.68. The van der Waals surface area contributed by atoms with Gasteiger partial charge in [0, 0.05) is 49.5 Å². The largest absolute Gasteiger partial charge is 0.392 e. The molecule has 1 saturated heterocycles. The van der Waals surface area contributed by atoms with Crippen LogP contribution in [-0.4, -0.2) is 69.2 Å². The van der Waals surface area contributed by atoms with Gasteiger partial charge in [0.25, 0.3) is 0 Å². The molecule has 0 spiro atoms. The van der Waals surface area contributed by atoms with Crippen LogP contribution in [0.5, 0.6) is 0 Å². The van der Waals surface area contributed by atoms with E-state index in [1.165, 1.54) is 11.3 Å². The minimum Gasteiger partial charge on any atom is -0.392 e. The molecule has 0 saturated carbocycles. The summed E-state index contributed by atoms with van der Waals surface area (Å²) in [5, 5.41) is 28.7. The normalized spacial score (nSPS) is 20.6. The number of piperidine rings is 1.